The number of hydrogen-bond donors (Lipinski definition) is 1. The van der Waals surface area contributed by atoms with Crippen LogP contribution < -0.4 is 5.32 Å². The number of hydrogen-bond acceptors (Lipinski definition) is 1. The van der Waals surface area contributed by atoms with Crippen molar-refractivity contribution < 1.29 is 18.0 Å². The van der Waals surface area contributed by atoms with Crippen molar-refractivity contribution in [3.05, 3.63) is 0 Å². The summed E-state index contributed by atoms with van der Waals surface area (Å²) in [6.07, 6.45) is -1.95. The summed E-state index contributed by atoms with van der Waals surface area (Å²) in [6, 6.07) is -0.373. The average molecular weight is 195 g/mol. The third kappa shape index (κ3) is 3.65. The van der Waals surface area contributed by atoms with Gasteiger partial charge in [-0.3, -0.25) is 4.79 Å². The molecular formula is C8H12F3NO. The van der Waals surface area contributed by atoms with Crippen LogP contribution in [0.3, 0.4) is 0 Å². The van der Waals surface area contributed by atoms with Crippen LogP contribution >= 0.6 is 0 Å². The lowest BCUT2D eigenvalue weighted by atomic mass is 10.1. The fraction of sp³-hybridized carbons (Fsp3) is 0.875. The first-order chi connectivity index (χ1) is 5.89. The molecule has 0 aromatic carbocycles. The number of halogens is 3. The zero-order chi connectivity index (χ0) is 10.1. The molecule has 1 atom stereocenters. The molecule has 1 aliphatic carbocycles. The summed E-state index contributed by atoms with van der Waals surface area (Å²) in [5, 5.41) is 1.93. The van der Waals surface area contributed by atoms with Crippen LogP contribution in [0.4, 0.5) is 13.2 Å². The fourth-order valence-electron chi connectivity index (χ4n) is 1.22. The third-order valence-corrected chi connectivity index (χ3v) is 2.02. The van der Waals surface area contributed by atoms with E-state index in [0.717, 1.165) is 12.8 Å². The van der Waals surface area contributed by atoms with Gasteiger partial charge in [-0.1, -0.05) is 12.8 Å². The Morgan fingerprint density at radius 2 is 2.08 bits per heavy atom. The van der Waals surface area contributed by atoms with Gasteiger partial charge in [0.05, 0.1) is 0 Å². The van der Waals surface area contributed by atoms with E-state index in [2.05, 4.69) is 0 Å². The van der Waals surface area contributed by atoms with Crippen molar-refractivity contribution in [2.75, 3.05) is 0 Å². The zero-order valence-electron chi connectivity index (χ0n) is 7.32. The Hall–Kier alpha value is -0.740. The first-order valence-corrected chi connectivity index (χ1v) is 4.27. The van der Waals surface area contributed by atoms with Crippen LogP contribution in [-0.2, 0) is 4.79 Å². The van der Waals surface area contributed by atoms with E-state index in [1.54, 1.807) is 6.92 Å². The van der Waals surface area contributed by atoms with Gasteiger partial charge in [0.2, 0.25) is 0 Å². The van der Waals surface area contributed by atoms with E-state index in [4.69, 9.17) is 0 Å². The molecule has 0 aliphatic heterocycles. The maximum atomic E-state index is 11.8. The Balaban J connectivity index is 2.25. The quantitative estimate of drug-likeness (QED) is 0.731. The molecule has 1 rings (SSSR count). The minimum atomic E-state index is -4.75. The minimum absolute atomic E-state index is 0.373. The number of alkyl halides is 3. The van der Waals surface area contributed by atoms with E-state index >= 15 is 0 Å². The Labute approximate surface area is 74.5 Å². The van der Waals surface area contributed by atoms with Crippen molar-refractivity contribution in [1.82, 2.24) is 5.32 Å². The Bertz CT molecular complexity index is 198. The summed E-state index contributed by atoms with van der Waals surface area (Å²) >= 11 is 0. The van der Waals surface area contributed by atoms with Gasteiger partial charge < -0.3 is 5.32 Å². The summed E-state index contributed by atoms with van der Waals surface area (Å²) in [7, 11) is 0. The van der Waals surface area contributed by atoms with Crippen LogP contribution in [0.5, 0.6) is 0 Å². The first-order valence-electron chi connectivity index (χ1n) is 4.27. The monoisotopic (exact) mass is 195 g/mol. The van der Waals surface area contributed by atoms with E-state index < -0.39 is 12.1 Å². The smallest absolute Gasteiger partial charge is 0.346 e. The van der Waals surface area contributed by atoms with Gasteiger partial charge in [-0.2, -0.15) is 13.2 Å². The number of nitrogens with one attached hydrogen (secondary N) is 1. The maximum absolute atomic E-state index is 11.8. The van der Waals surface area contributed by atoms with Gasteiger partial charge in [0, 0.05) is 6.04 Å². The van der Waals surface area contributed by atoms with E-state index in [1.165, 1.54) is 0 Å². The number of carbonyl (C=O) groups excluding carboxylic acids is 1. The van der Waals surface area contributed by atoms with E-state index in [1.807, 2.05) is 5.32 Å². The molecule has 0 aromatic heterocycles. The Kier molecular flexibility index (Phi) is 2.83. The van der Waals surface area contributed by atoms with Crippen molar-refractivity contribution >= 4 is 5.91 Å². The van der Waals surface area contributed by atoms with Crippen LogP contribution in [0.15, 0.2) is 0 Å². The van der Waals surface area contributed by atoms with E-state index in [9.17, 15) is 18.0 Å². The summed E-state index contributed by atoms with van der Waals surface area (Å²) in [6.45, 7) is 1.60. The molecule has 1 saturated carbocycles. The number of carbonyl (C=O) groups is 1. The van der Waals surface area contributed by atoms with Crippen LogP contribution in [0.1, 0.15) is 26.2 Å². The van der Waals surface area contributed by atoms with Crippen LogP contribution in [0, 0.1) is 5.92 Å². The van der Waals surface area contributed by atoms with Crippen molar-refractivity contribution in [2.45, 2.75) is 38.4 Å². The number of rotatable bonds is 3. The molecule has 0 spiro atoms. The predicted molar refractivity (Wildman–Crippen MR) is 41.0 cm³/mol. The molecule has 0 aromatic rings. The maximum Gasteiger partial charge on any atom is 0.471 e. The highest BCUT2D eigenvalue weighted by atomic mass is 19.4. The highest BCUT2D eigenvalue weighted by Gasteiger charge is 2.39. The molecule has 13 heavy (non-hydrogen) atoms. The molecule has 5 heteroatoms. The molecule has 1 amide bonds. The topological polar surface area (TPSA) is 29.1 Å². The van der Waals surface area contributed by atoms with Crippen molar-refractivity contribution in [3.63, 3.8) is 0 Å². The lowest BCUT2D eigenvalue weighted by Gasteiger charge is -2.14. The highest BCUT2D eigenvalue weighted by molar-refractivity contribution is 5.81. The molecule has 1 aliphatic rings. The molecule has 1 N–H and O–H groups in total. The van der Waals surface area contributed by atoms with Gasteiger partial charge in [0.25, 0.3) is 0 Å². The molecule has 0 heterocycles. The van der Waals surface area contributed by atoms with Crippen molar-refractivity contribution in [2.24, 2.45) is 5.92 Å². The van der Waals surface area contributed by atoms with Gasteiger partial charge in [0.15, 0.2) is 0 Å². The average Bonchev–Trinajstić information content (AvgIpc) is 2.68. The summed E-state index contributed by atoms with van der Waals surface area (Å²) in [5.41, 5.74) is 0. The molecular weight excluding hydrogens is 183 g/mol. The van der Waals surface area contributed by atoms with Crippen LogP contribution in [0.25, 0.3) is 0 Å². The molecule has 0 bridgehead atoms. The SMILES string of the molecule is CC(CC1CC1)NC(=O)C(F)(F)F. The van der Waals surface area contributed by atoms with Crippen LogP contribution in [0.2, 0.25) is 0 Å². The normalized spacial score (nSPS) is 19.7. The second kappa shape index (κ2) is 3.55. The van der Waals surface area contributed by atoms with Gasteiger partial charge in [-0.15, -0.1) is 0 Å². The third-order valence-electron chi connectivity index (χ3n) is 2.02. The van der Waals surface area contributed by atoms with Gasteiger partial charge in [-0.05, 0) is 19.3 Å². The van der Waals surface area contributed by atoms with E-state index in [-0.39, 0.29) is 6.04 Å². The van der Waals surface area contributed by atoms with Crippen LogP contribution in [-0.4, -0.2) is 18.1 Å². The van der Waals surface area contributed by atoms with Gasteiger partial charge >= 0.3 is 12.1 Å². The molecule has 0 saturated heterocycles. The highest BCUT2D eigenvalue weighted by Crippen LogP contribution is 2.33. The van der Waals surface area contributed by atoms with E-state index in [0.29, 0.717) is 12.3 Å². The lowest BCUT2D eigenvalue weighted by molar-refractivity contribution is -0.174. The molecule has 1 fully saturated rings. The Morgan fingerprint density at radius 1 is 1.54 bits per heavy atom. The molecule has 1 unspecified atom stereocenters. The second-order valence-electron chi connectivity index (χ2n) is 3.55. The fourth-order valence-corrected chi connectivity index (χ4v) is 1.22. The minimum Gasteiger partial charge on any atom is -0.346 e. The zero-order valence-corrected chi connectivity index (χ0v) is 7.32. The summed E-state index contributed by atoms with van der Waals surface area (Å²) < 4.78 is 35.3. The predicted octanol–water partition coefficient (Wildman–Crippen LogP) is 1.85. The number of amides is 1. The second-order valence-corrected chi connectivity index (χ2v) is 3.55. The van der Waals surface area contributed by atoms with Crippen molar-refractivity contribution in [1.29, 1.82) is 0 Å². The molecule has 0 radical (unpaired) electrons. The van der Waals surface area contributed by atoms with Gasteiger partial charge in [-0.25, -0.2) is 0 Å². The summed E-state index contributed by atoms with van der Waals surface area (Å²) in [4.78, 5) is 10.4. The first kappa shape index (κ1) is 10.3. The van der Waals surface area contributed by atoms with Gasteiger partial charge in [0.1, 0.15) is 0 Å². The standard InChI is InChI=1S/C8H12F3NO/c1-5(4-6-2-3-6)12-7(13)8(9,10)11/h5-6H,2-4H2,1H3,(H,12,13). The molecule has 76 valence electrons. The van der Waals surface area contributed by atoms with Crippen molar-refractivity contribution in [3.8, 4) is 0 Å². The lowest BCUT2D eigenvalue weighted by Crippen LogP contribution is -2.42. The molecule has 2 nitrogen and oxygen atoms in total. The Morgan fingerprint density at radius 3 is 2.46 bits per heavy atom. The summed E-state index contributed by atoms with van der Waals surface area (Å²) in [5.74, 6) is -1.32. The largest absolute Gasteiger partial charge is 0.471 e.